The largest absolute Gasteiger partial charge is 0.330 e. The van der Waals surface area contributed by atoms with Gasteiger partial charge in [0, 0.05) is 6.54 Å². The van der Waals surface area contributed by atoms with Gasteiger partial charge in [-0.05, 0) is 37.6 Å². The third kappa shape index (κ3) is 2.76. The fourth-order valence-corrected chi connectivity index (χ4v) is 4.00. The smallest absolute Gasteiger partial charge is 0.214 e. The van der Waals surface area contributed by atoms with Crippen molar-refractivity contribution < 1.29 is 8.42 Å². The molecule has 0 bridgehead atoms. The van der Waals surface area contributed by atoms with E-state index < -0.39 is 10.0 Å². The zero-order chi connectivity index (χ0) is 11.6. The van der Waals surface area contributed by atoms with Crippen LogP contribution in [0.15, 0.2) is 0 Å². The van der Waals surface area contributed by atoms with Gasteiger partial charge in [0.1, 0.15) is 0 Å². The summed E-state index contributed by atoms with van der Waals surface area (Å²) in [6, 6.07) is 0. The van der Waals surface area contributed by atoms with E-state index in [4.69, 9.17) is 5.73 Å². The molecule has 0 aliphatic heterocycles. The normalized spacial score (nSPS) is 25.6. The molecule has 5 heteroatoms. The highest BCUT2D eigenvalue weighted by Gasteiger charge is 2.38. The first-order valence-electron chi connectivity index (χ1n) is 6.27. The molecule has 2 fully saturated rings. The van der Waals surface area contributed by atoms with Gasteiger partial charge < -0.3 is 5.73 Å². The van der Waals surface area contributed by atoms with Crippen LogP contribution in [0.4, 0.5) is 0 Å². The van der Waals surface area contributed by atoms with Gasteiger partial charge >= 0.3 is 0 Å². The lowest BCUT2D eigenvalue weighted by molar-refractivity contribution is 0.202. The molecule has 0 radical (unpaired) electrons. The monoisotopic (exact) mass is 246 g/mol. The van der Waals surface area contributed by atoms with Gasteiger partial charge in [0.05, 0.1) is 5.25 Å². The van der Waals surface area contributed by atoms with E-state index in [2.05, 4.69) is 4.72 Å². The van der Waals surface area contributed by atoms with Crippen molar-refractivity contribution in [3.05, 3.63) is 0 Å². The first kappa shape index (κ1) is 12.3. The molecule has 0 amide bonds. The van der Waals surface area contributed by atoms with Gasteiger partial charge in [0.2, 0.25) is 10.0 Å². The van der Waals surface area contributed by atoms with E-state index in [1.807, 2.05) is 0 Å². The van der Waals surface area contributed by atoms with Crippen molar-refractivity contribution in [2.24, 2.45) is 11.1 Å². The Labute approximate surface area is 98.0 Å². The van der Waals surface area contributed by atoms with Crippen molar-refractivity contribution in [2.75, 3.05) is 13.1 Å². The van der Waals surface area contributed by atoms with Crippen LogP contribution in [0.25, 0.3) is 0 Å². The number of sulfonamides is 1. The summed E-state index contributed by atoms with van der Waals surface area (Å²) in [4.78, 5) is 0. The maximum atomic E-state index is 11.7. The van der Waals surface area contributed by atoms with Crippen molar-refractivity contribution in [3.63, 3.8) is 0 Å². The van der Waals surface area contributed by atoms with Crippen LogP contribution in [0.3, 0.4) is 0 Å². The number of nitrogens with two attached hydrogens (primary N) is 1. The van der Waals surface area contributed by atoms with E-state index in [0.717, 1.165) is 25.7 Å². The minimum atomic E-state index is -3.04. The quantitative estimate of drug-likeness (QED) is 0.759. The maximum Gasteiger partial charge on any atom is 0.214 e. The first-order chi connectivity index (χ1) is 7.58. The standard InChI is InChI=1S/C11H22N2O2S/c12-8-11(6-2-1-3-7-11)9-13-16(14,15)10-4-5-10/h10,13H,1-9,12H2. The summed E-state index contributed by atoms with van der Waals surface area (Å²) < 4.78 is 26.3. The summed E-state index contributed by atoms with van der Waals surface area (Å²) in [6.07, 6.45) is 7.41. The van der Waals surface area contributed by atoms with Crippen LogP contribution in [0.5, 0.6) is 0 Å². The summed E-state index contributed by atoms with van der Waals surface area (Å²) in [6.45, 7) is 1.14. The lowest BCUT2D eigenvalue weighted by Gasteiger charge is -2.36. The number of hydrogen-bond donors (Lipinski definition) is 2. The summed E-state index contributed by atoms with van der Waals surface area (Å²) in [5.74, 6) is 0. The summed E-state index contributed by atoms with van der Waals surface area (Å²) in [7, 11) is -3.04. The molecule has 0 atom stereocenters. The molecule has 16 heavy (non-hydrogen) atoms. The fraction of sp³-hybridized carbons (Fsp3) is 1.00. The highest BCUT2D eigenvalue weighted by molar-refractivity contribution is 7.90. The van der Waals surface area contributed by atoms with Gasteiger partial charge in [-0.1, -0.05) is 19.3 Å². The van der Waals surface area contributed by atoms with E-state index >= 15 is 0 Å². The number of nitrogens with one attached hydrogen (secondary N) is 1. The molecule has 4 nitrogen and oxygen atoms in total. The second-order valence-electron chi connectivity index (χ2n) is 5.33. The van der Waals surface area contributed by atoms with Crippen molar-refractivity contribution in [3.8, 4) is 0 Å². The Kier molecular flexibility index (Phi) is 3.56. The molecule has 0 saturated heterocycles. The van der Waals surface area contributed by atoms with Gasteiger partial charge in [-0.2, -0.15) is 0 Å². The minimum Gasteiger partial charge on any atom is -0.330 e. The summed E-state index contributed by atoms with van der Waals surface area (Å²) in [5, 5.41) is -0.120. The molecule has 3 N–H and O–H groups in total. The van der Waals surface area contributed by atoms with Crippen molar-refractivity contribution in [1.29, 1.82) is 0 Å². The SMILES string of the molecule is NCC1(CNS(=O)(=O)C2CC2)CCCCC1. The molecule has 0 heterocycles. The zero-order valence-corrected chi connectivity index (χ0v) is 10.6. The van der Waals surface area contributed by atoms with E-state index in [9.17, 15) is 8.42 Å². The highest BCUT2D eigenvalue weighted by Crippen LogP contribution is 2.35. The lowest BCUT2D eigenvalue weighted by atomic mass is 9.74. The Balaban J connectivity index is 1.91. The maximum absolute atomic E-state index is 11.7. The predicted octanol–water partition coefficient (Wildman–Crippen LogP) is 0.977. The van der Waals surface area contributed by atoms with Gasteiger partial charge in [-0.25, -0.2) is 13.1 Å². The molecule has 0 aromatic carbocycles. The van der Waals surface area contributed by atoms with E-state index in [0.29, 0.717) is 13.1 Å². The lowest BCUT2D eigenvalue weighted by Crippen LogP contribution is -2.44. The molecule has 2 aliphatic rings. The molecule has 2 rings (SSSR count). The Morgan fingerprint density at radius 3 is 2.31 bits per heavy atom. The molecule has 94 valence electrons. The Hall–Kier alpha value is -0.130. The average Bonchev–Trinajstić information content (AvgIpc) is 3.12. The van der Waals surface area contributed by atoms with Crippen LogP contribution < -0.4 is 10.5 Å². The van der Waals surface area contributed by atoms with Crippen LogP contribution in [0, 0.1) is 5.41 Å². The summed E-state index contributed by atoms with van der Waals surface area (Å²) >= 11 is 0. The number of hydrogen-bond acceptors (Lipinski definition) is 3. The van der Waals surface area contributed by atoms with Crippen molar-refractivity contribution >= 4 is 10.0 Å². The molecule has 2 saturated carbocycles. The molecular formula is C11H22N2O2S. The van der Waals surface area contributed by atoms with Crippen LogP contribution in [-0.2, 0) is 10.0 Å². The van der Waals surface area contributed by atoms with Gasteiger partial charge in [-0.15, -0.1) is 0 Å². The Bertz CT molecular complexity index is 330. The zero-order valence-electron chi connectivity index (χ0n) is 9.74. The molecule has 0 unspecified atom stereocenters. The van der Waals surface area contributed by atoms with Gasteiger partial charge in [-0.3, -0.25) is 0 Å². The summed E-state index contributed by atoms with van der Waals surface area (Å²) in [5.41, 5.74) is 5.85. The first-order valence-corrected chi connectivity index (χ1v) is 7.81. The average molecular weight is 246 g/mol. The van der Waals surface area contributed by atoms with Crippen LogP contribution in [-0.4, -0.2) is 26.8 Å². The van der Waals surface area contributed by atoms with Crippen molar-refractivity contribution in [1.82, 2.24) is 4.72 Å². The Morgan fingerprint density at radius 1 is 1.19 bits per heavy atom. The van der Waals surface area contributed by atoms with Gasteiger partial charge in [0.25, 0.3) is 0 Å². The molecule has 2 aliphatic carbocycles. The molecule has 0 aromatic rings. The van der Waals surface area contributed by atoms with E-state index in [1.54, 1.807) is 0 Å². The Morgan fingerprint density at radius 2 is 1.81 bits per heavy atom. The predicted molar refractivity (Wildman–Crippen MR) is 64.5 cm³/mol. The van der Waals surface area contributed by atoms with E-state index in [1.165, 1.54) is 19.3 Å². The van der Waals surface area contributed by atoms with Crippen molar-refractivity contribution in [2.45, 2.75) is 50.2 Å². The third-order valence-electron chi connectivity index (χ3n) is 3.96. The van der Waals surface area contributed by atoms with Crippen LogP contribution in [0.1, 0.15) is 44.9 Å². The van der Waals surface area contributed by atoms with Crippen LogP contribution in [0.2, 0.25) is 0 Å². The number of rotatable bonds is 5. The molecule has 0 spiro atoms. The van der Waals surface area contributed by atoms with Gasteiger partial charge in [0.15, 0.2) is 0 Å². The fourth-order valence-electron chi connectivity index (χ4n) is 2.50. The molecular weight excluding hydrogens is 224 g/mol. The molecule has 0 aromatic heterocycles. The minimum absolute atomic E-state index is 0.0280. The van der Waals surface area contributed by atoms with Crippen LogP contribution >= 0.6 is 0 Å². The second-order valence-corrected chi connectivity index (χ2v) is 7.38. The third-order valence-corrected chi connectivity index (χ3v) is 5.85. The highest BCUT2D eigenvalue weighted by atomic mass is 32.2. The topological polar surface area (TPSA) is 72.2 Å². The second kappa shape index (κ2) is 4.63. The van der Waals surface area contributed by atoms with E-state index in [-0.39, 0.29) is 10.7 Å².